The molecule has 1 aliphatic heterocycles. The summed E-state index contributed by atoms with van der Waals surface area (Å²) in [4.78, 5) is 3.93. The fourth-order valence-electron chi connectivity index (χ4n) is 2.83. The van der Waals surface area contributed by atoms with Crippen LogP contribution in [0.4, 0.5) is 5.69 Å². The Morgan fingerprint density at radius 2 is 1.95 bits per heavy atom. The van der Waals surface area contributed by atoms with E-state index in [2.05, 4.69) is 58.9 Å². The number of para-hydroxylation sites is 1. The molecule has 0 radical (unpaired) electrons. The Kier molecular flexibility index (Phi) is 4.38. The van der Waals surface area contributed by atoms with E-state index >= 15 is 0 Å². The lowest BCUT2D eigenvalue weighted by Gasteiger charge is -2.22. The van der Waals surface area contributed by atoms with Gasteiger partial charge in [-0.05, 0) is 42.8 Å². The van der Waals surface area contributed by atoms with Crippen LogP contribution in [0.3, 0.4) is 0 Å². The second-order valence-corrected chi connectivity index (χ2v) is 6.42. The Morgan fingerprint density at radius 3 is 2.70 bits per heavy atom. The molecule has 2 nitrogen and oxygen atoms in total. The lowest BCUT2D eigenvalue weighted by atomic mass is 10.1. The van der Waals surface area contributed by atoms with Crippen LogP contribution in [0, 0.1) is 0 Å². The molecule has 1 aromatic heterocycles. The summed E-state index contributed by atoms with van der Waals surface area (Å²) in [5, 5.41) is 5.79. The fourth-order valence-corrected chi connectivity index (χ4v) is 3.59. The van der Waals surface area contributed by atoms with Crippen LogP contribution in [0.1, 0.15) is 36.2 Å². The third-order valence-electron chi connectivity index (χ3n) is 4.01. The Bertz CT molecular complexity index is 530. The minimum atomic E-state index is 0.418. The molecule has 0 amide bonds. The first-order valence-corrected chi connectivity index (χ1v) is 8.32. The molecule has 1 N–H and O–H groups in total. The zero-order valence-electron chi connectivity index (χ0n) is 12.0. The summed E-state index contributed by atoms with van der Waals surface area (Å²) < 4.78 is 0. The predicted octanol–water partition coefficient (Wildman–Crippen LogP) is 4.20. The van der Waals surface area contributed by atoms with Crippen LogP contribution in [0.2, 0.25) is 0 Å². The van der Waals surface area contributed by atoms with Gasteiger partial charge in [-0.3, -0.25) is 0 Å². The maximum absolute atomic E-state index is 3.65. The van der Waals surface area contributed by atoms with E-state index in [-0.39, 0.29) is 0 Å². The van der Waals surface area contributed by atoms with Crippen LogP contribution < -0.4 is 10.2 Å². The molecular formula is C17H22N2S. The van der Waals surface area contributed by atoms with E-state index in [0.717, 1.165) is 6.54 Å². The van der Waals surface area contributed by atoms with Crippen molar-refractivity contribution in [2.45, 2.75) is 32.4 Å². The quantitative estimate of drug-likeness (QED) is 0.886. The summed E-state index contributed by atoms with van der Waals surface area (Å²) in [6.07, 6.45) is 2.65. The zero-order chi connectivity index (χ0) is 13.8. The molecule has 0 bridgehead atoms. The summed E-state index contributed by atoms with van der Waals surface area (Å²) in [6, 6.07) is 13.6. The van der Waals surface area contributed by atoms with E-state index < -0.39 is 0 Å². The predicted molar refractivity (Wildman–Crippen MR) is 87.5 cm³/mol. The van der Waals surface area contributed by atoms with E-state index in [1.807, 2.05) is 11.3 Å². The number of nitrogens with one attached hydrogen (secondary N) is 1. The van der Waals surface area contributed by atoms with Crippen molar-refractivity contribution in [2.75, 3.05) is 18.0 Å². The highest BCUT2D eigenvalue weighted by Gasteiger charge is 2.15. The van der Waals surface area contributed by atoms with Gasteiger partial charge in [-0.15, -0.1) is 11.3 Å². The SMILES string of the molecule is C[C@H](NCc1ccccc1N1CCCC1)c1cccs1. The van der Waals surface area contributed by atoms with Crippen LogP contribution in [0.25, 0.3) is 0 Å². The molecule has 0 saturated carbocycles. The second kappa shape index (κ2) is 6.42. The van der Waals surface area contributed by atoms with Crippen molar-refractivity contribution < 1.29 is 0 Å². The topological polar surface area (TPSA) is 15.3 Å². The van der Waals surface area contributed by atoms with Crippen molar-refractivity contribution in [1.29, 1.82) is 0 Å². The average Bonchev–Trinajstić information content (AvgIpc) is 3.17. The third kappa shape index (κ3) is 3.05. The van der Waals surface area contributed by atoms with E-state index in [4.69, 9.17) is 0 Å². The van der Waals surface area contributed by atoms with Gasteiger partial charge in [0.15, 0.2) is 0 Å². The number of anilines is 1. The first-order chi connectivity index (χ1) is 9.84. The normalized spacial score (nSPS) is 16.6. The molecule has 20 heavy (non-hydrogen) atoms. The van der Waals surface area contributed by atoms with E-state index in [1.54, 1.807) is 0 Å². The van der Waals surface area contributed by atoms with E-state index in [9.17, 15) is 0 Å². The fraction of sp³-hybridized carbons (Fsp3) is 0.412. The molecule has 1 aromatic carbocycles. The molecule has 3 heteroatoms. The van der Waals surface area contributed by atoms with Gasteiger partial charge in [-0.2, -0.15) is 0 Å². The van der Waals surface area contributed by atoms with Crippen LogP contribution in [-0.4, -0.2) is 13.1 Å². The van der Waals surface area contributed by atoms with Gasteiger partial charge in [-0.1, -0.05) is 24.3 Å². The van der Waals surface area contributed by atoms with Gasteiger partial charge in [0.1, 0.15) is 0 Å². The van der Waals surface area contributed by atoms with E-state index in [1.165, 1.54) is 42.1 Å². The Hall–Kier alpha value is -1.32. The first-order valence-electron chi connectivity index (χ1n) is 7.44. The number of benzene rings is 1. The second-order valence-electron chi connectivity index (χ2n) is 5.44. The molecule has 106 valence electrons. The van der Waals surface area contributed by atoms with Gasteiger partial charge in [0.2, 0.25) is 0 Å². The lowest BCUT2D eigenvalue weighted by Crippen LogP contribution is -2.22. The van der Waals surface area contributed by atoms with Crippen molar-refractivity contribution in [3.63, 3.8) is 0 Å². The molecule has 2 aromatic rings. The number of hydrogen-bond acceptors (Lipinski definition) is 3. The summed E-state index contributed by atoms with van der Waals surface area (Å²) in [5.41, 5.74) is 2.83. The Labute approximate surface area is 125 Å². The smallest absolute Gasteiger partial charge is 0.0411 e. The minimum Gasteiger partial charge on any atom is -0.371 e. The lowest BCUT2D eigenvalue weighted by molar-refractivity contribution is 0.582. The standard InChI is InChI=1S/C17H22N2S/c1-14(17-9-6-12-20-17)18-13-15-7-2-3-8-16(15)19-10-4-5-11-19/h2-3,6-9,12,14,18H,4-5,10-11,13H2,1H3/t14-/m0/s1. The molecule has 1 aliphatic rings. The number of hydrogen-bond donors (Lipinski definition) is 1. The Morgan fingerprint density at radius 1 is 1.15 bits per heavy atom. The minimum absolute atomic E-state index is 0.418. The highest BCUT2D eigenvalue weighted by atomic mass is 32.1. The molecule has 2 heterocycles. The van der Waals surface area contributed by atoms with E-state index in [0.29, 0.717) is 6.04 Å². The summed E-state index contributed by atoms with van der Waals surface area (Å²) in [7, 11) is 0. The van der Waals surface area contributed by atoms with Gasteiger partial charge in [0, 0.05) is 36.2 Å². The molecule has 0 unspecified atom stereocenters. The van der Waals surface area contributed by atoms with Crippen LogP contribution in [0.5, 0.6) is 0 Å². The molecular weight excluding hydrogens is 264 g/mol. The molecule has 0 aliphatic carbocycles. The molecule has 1 atom stereocenters. The van der Waals surface area contributed by atoms with Gasteiger partial charge in [0.05, 0.1) is 0 Å². The largest absolute Gasteiger partial charge is 0.371 e. The van der Waals surface area contributed by atoms with Crippen LogP contribution >= 0.6 is 11.3 Å². The number of rotatable bonds is 5. The maximum Gasteiger partial charge on any atom is 0.0411 e. The highest BCUT2D eigenvalue weighted by molar-refractivity contribution is 7.10. The monoisotopic (exact) mass is 286 g/mol. The molecule has 1 saturated heterocycles. The molecule has 1 fully saturated rings. The van der Waals surface area contributed by atoms with Gasteiger partial charge in [-0.25, -0.2) is 0 Å². The number of nitrogens with zero attached hydrogens (tertiary/aromatic N) is 1. The number of thiophene rings is 1. The summed E-state index contributed by atoms with van der Waals surface area (Å²) in [6.45, 7) is 5.59. The van der Waals surface area contributed by atoms with Gasteiger partial charge < -0.3 is 10.2 Å². The van der Waals surface area contributed by atoms with Crippen molar-refractivity contribution in [3.05, 3.63) is 52.2 Å². The zero-order valence-corrected chi connectivity index (χ0v) is 12.8. The summed E-state index contributed by atoms with van der Waals surface area (Å²) >= 11 is 1.82. The Balaban J connectivity index is 1.68. The average molecular weight is 286 g/mol. The molecule has 3 rings (SSSR count). The van der Waals surface area contributed by atoms with Crippen molar-refractivity contribution >= 4 is 17.0 Å². The first kappa shape index (κ1) is 13.7. The molecule has 0 spiro atoms. The van der Waals surface area contributed by atoms with Crippen molar-refractivity contribution in [2.24, 2.45) is 0 Å². The van der Waals surface area contributed by atoms with Crippen LogP contribution in [0.15, 0.2) is 41.8 Å². The van der Waals surface area contributed by atoms with Crippen molar-refractivity contribution in [3.8, 4) is 0 Å². The third-order valence-corrected chi connectivity index (χ3v) is 5.06. The van der Waals surface area contributed by atoms with Crippen LogP contribution in [-0.2, 0) is 6.54 Å². The highest BCUT2D eigenvalue weighted by Crippen LogP contribution is 2.25. The van der Waals surface area contributed by atoms with Gasteiger partial charge >= 0.3 is 0 Å². The van der Waals surface area contributed by atoms with Crippen molar-refractivity contribution in [1.82, 2.24) is 5.32 Å². The summed E-state index contributed by atoms with van der Waals surface area (Å²) in [5.74, 6) is 0. The van der Waals surface area contributed by atoms with Gasteiger partial charge in [0.25, 0.3) is 0 Å². The maximum atomic E-state index is 3.65.